The van der Waals surface area contributed by atoms with Crippen LogP contribution in [0.2, 0.25) is 0 Å². The number of ether oxygens (including phenoxy) is 1. The number of hydrogen-bond donors (Lipinski definition) is 2. The van der Waals surface area contributed by atoms with Crippen LogP contribution in [0.25, 0.3) is 0 Å². The molecule has 4 nitrogen and oxygen atoms in total. The third-order valence-corrected chi connectivity index (χ3v) is 4.01. The maximum Gasteiger partial charge on any atom is 0.253 e. The second-order valence-corrected chi connectivity index (χ2v) is 5.31. The quantitative estimate of drug-likeness (QED) is 0.854. The number of anilines is 1. The molecule has 0 bridgehead atoms. The number of benzene rings is 1. The molecule has 1 saturated heterocycles. The van der Waals surface area contributed by atoms with Crippen molar-refractivity contribution in [1.29, 1.82) is 0 Å². The average molecular weight is 260 g/mol. The molecular formula is C15H20N2O2. The Kier molecular flexibility index (Phi) is 3.42. The number of rotatable bonds is 2. The normalized spacial score (nSPS) is 25.5. The zero-order chi connectivity index (χ0) is 13.2. The summed E-state index contributed by atoms with van der Waals surface area (Å²) in [7, 11) is 0. The van der Waals surface area contributed by atoms with E-state index in [0.717, 1.165) is 43.7 Å². The molecule has 1 fully saturated rings. The number of hydrogen-bond acceptors (Lipinski definition) is 3. The number of aryl methyl sites for hydroxylation is 1. The van der Waals surface area contributed by atoms with Gasteiger partial charge in [-0.25, -0.2) is 0 Å². The highest BCUT2D eigenvalue weighted by Crippen LogP contribution is 2.26. The number of nitrogens with one attached hydrogen (secondary N) is 2. The van der Waals surface area contributed by atoms with E-state index < -0.39 is 0 Å². The Morgan fingerprint density at radius 3 is 3.16 bits per heavy atom. The van der Waals surface area contributed by atoms with Gasteiger partial charge < -0.3 is 15.4 Å². The van der Waals surface area contributed by atoms with Gasteiger partial charge in [0.15, 0.2) is 0 Å². The van der Waals surface area contributed by atoms with Crippen molar-refractivity contribution in [3.63, 3.8) is 0 Å². The van der Waals surface area contributed by atoms with Crippen LogP contribution in [0.1, 0.15) is 35.7 Å². The number of amides is 1. The molecule has 0 spiro atoms. The highest BCUT2D eigenvalue weighted by molar-refractivity contribution is 6.00. The standard InChI is InChI=1S/C15H20N2O2/c1-10-13(7-9-19-10)17-15(18)12-6-2-4-11-5-3-8-16-14(11)12/h2,4,6,10,13,16H,3,5,7-9H2,1H3,(H,17,18). The third kappa shape index (κ3) is 2.45. The van der Waals surface area contributed by atoms with E-state index in [0.29, 0.717) is 0 Å². The average Bonchev–Trinajstić information content (AvgIpc) is 2.83. The molecule has 0 radical (unpaired) electrons. The Bertz CT molecular complexity index is 487. The van der Waals surface area contributed by atoms with Crippen molar-refractivity contribution < 1.29 is 9.53 Å². The van der Waals surface area contributed by atoms with Crippen molar-refractivity contribution in [3.05, 3.63) is 29.3 Å². The van der Waals surface area contributed by atoms with Gasteiger partial charge >= 0.3 is 0 Å². The summed E-state index contributed by atoms with van der Waals surface area (Å²) < 4.78 is 5.48. The monoisotopic (exact) mass is 260 g/mol. The van der Waals surface area contributed by atoms with Gasteiger partial charge in [-0.1, -0.05) is 12.1 Å². The molecular weight excluding hydrogens is 240 g/mol. The van der Waals surface area contributed by atoms with E-state index in [9.17, 15) is 4.79 Å². The molecule has 0 saturated carbocycles. The van der Waals surface area contributed by atoms with Crippen LogP contribution < -0.4 is 10.6 Å². The zero-order valence-electron chi connectivity index (χ0n) is 11.2. The summed E-state index contributed by atoms with van der Waals surface area (Å²) in [6, 6.07) is 6.09. The molecule has 2 N–H and O–H groups in total. The van der Waals surface area contributed by atoms with Crippen LogP contribution in [0.5, 0.6) is 0 Å². The van der Waals surface area contributed by atoms with Crippen LogP contribution in [0.15, 0.2) is 18.2 Å². The van der Waals surface area contributed by atoms with E-state index in [2.05, 4.69) is 16.7 Å². The first kappa shape index (κ1) is 12.5. The smallest absolute Gasteiger partial charge is 0.253 e. The summed E-state index contributed by atoms with van der Waals surface area (Å²) in [5.41, 5.74) is 3.02. The van der Waals surface area contributed by atoms with E-state index in [1.165, 1.54) is 5.56 Å². The fourth-order valence-corrected chi connectivity index (χ4v) is 2.87. The number of carbonyl (C=O) groups is 1. The van der Waals surface area contributed by atoms with Gasteiger partial charge in [0.1, 0.15) is 0 Å². The molecule has 2 aliphatic heterocycles. The minimum Gasteiger partial charge on any atom is -0.384 e. The van der Waals surface area contributed by atoms with E-state index in [4.69, 9.17) is 4.74 Å². The van der Waals surface area contributed by atoms with E-state index in [-0.39, 0.29) is 18.1 Å². The molecule has 2 unspecified atom stereocenters. The van der Waals surface area contributed by atoms with Gasteiger partial charge in [-0.3, -0.25) is 4.79 Å². The Balaban J connectivity index is 1.80. The first-order chi connectivity index (χ1) is 9.25. The lowest BCUT2D eigenvalue weighted by Gasteiger charge is -2.22. The van der Waals surface area contributed by atoms with Gasteiger partial charge in [-0.15, -0.1) is 0 Å². The Morgan fingerprint density at radius 2 is 2.37 bits per heavy atom. The summed E-state index contributed by atoms with van der Waals surface area (Å²) in [5, 5.41) is 6.45. The van der Waals surface area contributed by atoms with Gasteiger partial charge in [0, 0.05) is 13.2 Å². The highest BCUT2D eigenvalue weighted by atomic mass is 16.5. The number of fused-ring (bicyclic) bond motifs is 1. The zero-order valence-corrected chi connectivity index (χ0v) is 11.2. The first-order valence-corrected chi connectivity index (χ1v) is 7.04. The lowest BCUT2D eigenvalue weighted by Crippen LogP contribution is -2.39. The number of carbonyl (C=O) groups excluding carboxylic acids is 1. The highest BCUT2D eigenvalue weighted by Gasteiger charge is 2.27. The molecule has 2 heterocycles. The Morgan fingerprint density at radius 1 is 1.47 bits per heavy atom. The van der Waals surface area contributed by atoms with Crippen LogP contribution in [0.3, 0.4) is 0 Å². The van der Waals surface area contributed by atoms with E-state index in [1.54, 1.807) is 0 Å². The fourth-order valence-electron chi connectivity index (χ4n) is 2.87. The molecule has 4 heteroatoms. The molecule has 2 atom stereocenters. The molecule has 0 aliphatic carbocycles. The van der Waals surface area contributed by atoms with Gasteiger partial charge in [-0.2, -0.15) is 0 Å². The van der Waals surface area contributed by atoms with Crippen molar-refractivity contribution in [2.45, 2.75) is 38.3 Å². The fraction of sp³-hybridized carbons (Fsp3) is 0.533. The van der Waals surface area contributed by atoms with E-state index >= 15 is 0 Å². The van der Waals surface area contributed by atoms with Crippen LogP contribution in [-0.4, -0.2) is 31.2 Å². The second-order valence-electron chi connectivity index (χ2n) is 5.31. The molecule has 19 heavy (non-hydrogen) atoms. The van der Waals surface area contributed by atoms with Gasteiger partial charge in [-0.05, 0) is 37.8 Å². The summed E-state index contributed by atoms with van der Waals surface area (Å²) in [4.78, 5) is 12.4. The Hall–Kier alpha value is -1.55. The van der Waals surface area contributed by atoms with Gasteiger partial charge in [0.2, 0.25) is 0 Å². The lowest BCUT2D eigenvalue weighted by molar-refractivity contribution is 0.0867. The second kappa shape index (κ2) is 5.21. The van der Waals surface area contributed by atoms with Crippen molar-refractivity contribution in [2.24, 2.45) is 0 Å². The summed E-state index contributed by atoms with van der Waals surface area (Å²) >= 11 is 0. The van der Waals surface area contributed by atoms with Crippen molar-refractivity contribution in [2.75, 3.05) is 18.5 Å². The third-order valence-electron chi connectivity index (χ3n) is 4.01. The summed E-state index contributed by atoms with van der Waals surface area (Å²) in [6.45, 7) is 3.69. The minimum absolute atomic E-state index is 0.00796. The molecule has 102 valence electrons. The summed E-state index contributed by atoms with van der Waals surface area (Å²) in [5.74, 6) is 0.00796. The molecule has 2 aliphatic rings. The first-order valence-electron chi connectivity index (χ1n) is 7.04. The molecule has 1 aromatic carbocycles. The van der Waals surface area contributed by atoms with Crippen LogP contribution >= 0.6 is 0 Å². The molecule has 1 amide bonds. The topological polar surface area (TPSA) is 50.4 Å². The van der Waals surface area contributed by atoms with Crippen molar-refractivity contribution in [1.82, 2.24) is 5.32 Å². The van der Waals surface area contributed by atoms with Gasteiger partial charge in [0.25, 0.3) is 5.91 Å². The van der Waals surface area contributed by atoms with Crippen LogP contribution in [-0.2, 0) is 11.2 Å². The SMILES string of the molecule is CC1OCCC1NC(=O)c1cccc2c1NCCC2. The number of para-hydroxylation sites is 1. The molecule has 0 aromatic heterocycles. The van der Waals surface area contributed by atoms with Crippen LogP contribution in [0, 0.1) is 0 Å². The molecule has 1 aromatic rings. The minimum atomic E-state index is 0.00796. The maximum absolute atomic E-state index is 12.4. The van der Waals surface area contributed by atoms with Crippen molar-refractivity contribution >= 4 is 11.6 Å². The maximum atomic E-state index is 12.4. The predicted octanol–water partition coefficient (Wildman–Crippen LogP) is 1.95. The molecule has 3 rings (SSSR count). The Labute approximate surface area is 113 Å². The van der Waals surface area contributed by atoms with E-state index in [1.807, 2.05) is 19.1 Å². The van der Waals surface area contributed by atoms with Crippen molar-refractivity contribution in [3.8, 4) is 0 Å². The predicted molar refractivity (Wildman–Crippen MR) is 74.5 cm³/mol. The summed E-state index contributed by atoms with van der Waals surface area (Å²) in [6.07, 6.45) is 3.18. The van der Waals surface area contributed by atoms with Crippen LogP contribution in [0.4, 0.5) is 5.69 Å². The largest absolute Gasteiger partial charge is 0.384 e. The van der Waals surface area contributed by atoms with Gasteiger partial charge in [0.05, 0.1) is 23.4 Å². The lowest BCUT2D eigenvalue weighted by atomic mass is 9.98.